The van der Waals surface area contributed by atoms with Gasteiger partial charge in [-0.25, -0.2) is 4.79 Å². The summed E-state index contributed by atoms with van der Waals surface area (Å²) in [5.41, 5.74) is 15.0. The number of hydrogen-bond acceptors (Lipinski definition) is 3. The minimum absolute atomic E-state index is 0.275. The molecule has 3 nitrogen and oxygen atoms in total. The van der Waals surface area contributed by atoms with Crippen molar-refractivity contribution >= 4 is 17.1 Å². The number of ether oxygens (including phenoxy) is 1. The molecule has 1 heterocycles. The van der Waals surface area contributed by atoms with Crippen molar-refractivity contribution in [1.29, 1.82) is 0 Å². The fraction of sp³-hybridized carbons (Fsp3) is 0.238. The summed E-state index contributed by atoms with van der Waals surface area (Å²) in [6.45, 7) is 6.37. The topological polar surface area (TPSA) is 39.4 Å². The summed E-state index contributed by atoms with van der Waals surface area (Å²) < 4.78 is 11.1. The summed E-state index contributed by atoms with van der Waals surface area (Å²) in [6.07, 6.45) is 12.8. The van der Waals surface area contributed by atoms with E-state index >= 15 is 0 Å². The maximum Gasteiger partial charge on any atom is 0.337 e. The van der Waals surface area contributed by atoms with Gasteiger partial charge in [-0.15, -0.1) is 5.73 Å². The first-order valence-corrected chi connectivity index (χ1v) is 15.9. The second kappa shape index (κ2) is 13.4. The van der Waals surface area contributed by atoms with Gasteiger partial charge in [-0.1, -0.05) is 85.8 Å². The summed E-state index contributed by atoms with van der Waals surface area (Å²) in [5.74, 6) is 2.27. The third-order valence-electron chi connectivity index (χ3n) is 9.19. The van der Waals surface area contributed by atoms with Crippen LogP contribution in [0, 0.1) is 19.8 Å². The first-order chi connectivity index (χ1) is 22.0. The Morgan fingerprint density at radius 3 is 2.22 bits per heavy atom. The van der Waals surface area contributed by atoms with Gasteiger partial charge in [0.05, 0.1) is 12.7 Å². The molecular weight excluding hydrogens is 552 g/mol. The summed E-state index contributed by atoms with van der Waals surface area (Å²) >= 11 is 0. The number of furan rings is 1. The van der Waals surface area contributed by atoms with Crippen molar-refractivity contribution in [2.75, 3.05) is 7.11 Å². The Labute approximate surface area is 267 Å². The summed E-state index contributed by atoms with van der Waals surface area (Å²) in [7, 11) is 1.42. The predicted octanol–water partition coefficient (Wildman–Crippen LogP) is 10.4. The maximum atomic E-state index is 12.2. The van der Waals surface area contributed by atoms with Crippen LogP contribution in [0.3, 0.4) is 0 Å². The standard InChI is InChI=1S/C42H40O3/c1-5-40-28(2)41(29(3)45-40)36-17-12-18-37-35(27-36)20-19-30(26-39(37)33-21-23-34(24-22-33)42(43)44-4)25-38(31-13-8-6-9-14-31)32-15-10-7-11-16-32/h6-17,21-24,26-27,30,38H,5,19-20,25H2,1-4H3. The Morgan fingerprint density at radius 2 is 1.62 bits per heavy atom. The highest BCUT2D eigenvalue weighted by atomic mass is 16.5. The van der Waals surface area contributed by atoms with Crippen LogP contribution in [0.2, 0.25) is 0 Å². The number of carbonyl (C=O) groups is 1. The normalized spacial score (nSPS) is 16.2. The molecule has 0 N–H and O–H groups in total. The molecule has 4 aromatic rings. The van der Waals surface area contributed by atoms with E-state index in [0.29, 0.717) is 11.5 Å². The fourth-order valence-electron chi connectivity index (χ4n) is 6.90. The molecule has 0 amide bonds. The highest BCUT2D eigenvalue weighted by molar-refractivity contribution is 5.92. The highest BCUT2D eigenvalue weighted by Gasteiger charge is 2.26. The van der Waals surface area contributed by atoms with E-state index in [2.05, 4.69) is 111 Å². The molecule has 45 heavy (non-hydrogen) atoms. The van der Waals surface area contributed by atoms with Gasteiger partial charge in [0.2, 0.25) is 0 Å². The van der Waals surface area contributed by atoms with Gasteiger partial charge in [-0.2, -0.15) is 0 Å². The molecule has 3 aromatic carbocycles. The molecule has 0 radical (unpaired) electrons. The van der Waals surface area contributed by atoms with Gasteiger partial charge in [-0.05, 0) is 108 Å². The van der Waals surface area contributed by atoms with Gasteiger partial charge in [0.25, 0.3) is 0 Å². The average molecular weight is 593 g/mol. The van der Waals surface area contributed by atoms with E-state index in [9.17, 15) is 4.79 Å². The quantitative estimate of drug-likeness (QED) is 0.151. The maximum absolute atomic E-state index is 12.2. The van der Waals surface area contributed by atoms with Crippen LogP contribution < -0.4 is 0 Å². The zero-order valence-corrected chi connectivity index (χ0v) is 26.6. The van der Waals surface area contributed by atoms with Crippen LogP contribution in [0.1, 0.15) is 81.8 Å². The van der Waals surface area contributed by atoms with Gasteiger partial charge < -0.3 is 9.15 Å². The predicted molar refractivity (Wildman–Crippen MR) is 183 cm³/mol. The highest BCUT2D eigenvalue weighted by Crippen LogP contribution is 2.43. The Morgan fingerprint density at radius 1 is 0.956 bits per heavy atom. The lowest BCUT2D eigenvalue weighted by atomic mass is 9.81. The second-order valence-electron chi connectivity index (χ2n) is 12.0. The number of carbonyl (C=O) groups excluding carboxylic acids is 1. The Balaban J connectivity index is 1.43. The smallest absolute Gasteiger partial charge is 0.337 e. The lowest BCUT2D eigenvalue weighted by Gasteiger charge is -2.23. The number of fused-ring (bicyclic) bond motifs is 1. The Bertz CT molecular complexity index is 1800. The molecule has 2 aliphatic rings. The van der Waals surface area contributed by atoms with Crippen LogP contribution in [-0.4, -0.2) is 13.1 Å². The lowest BCUT2D eigenvalue weighted by Crippen LogP contribution is -2.08. The van der Waals surface area contributed by atoms with E-state index < -0.39 is 0 Å². The van der Waals surface area contributed by atoms with Crippen molar-refractivity contribution in [1.82, 2.24) is 0 Å². The number of allylic oxidation sites excluding steroid dienone is 7. The molecule has 3 heteroatoms. The number of aryl methyl sites for hydroxylation is 2. The molecule has 1 unspecified atom stereocenters. The minimum Gasteiger partial charge on any atom is -0.465 e. The molecule has 0 fully saturated rings. The number of rotatable bonds is 8. The van der Waals surface area contributed by atoms with E-state index in [0.717, 1.165) is 59.5 Å². The van der Waals surface area contributed by atoms with Crippen LogP contribution in [0.5, 0.6) is 0 Å². The summed E-state index contributed by atoms with van der Waals surface area (Å²) in [4.78, 5) is 12.2. The Kier molecular flexibility index (Phi) is 9.01. The molecular formula is C42H40O3. The zero-order chi connectivity index (χ0) is 31.3. The number of esters is 1. The average Bonchev–Trinajstić information content (AvgIpc) is 3.20. The van der Waals surface area contributed by atoms with E-state index in [-0.39, 0.29) is 11.9 Å². The molecule has 1 aromatic heterocycles. The summed E-state index contributed by atoms with van der Waals surface area (Å²) in [5, 5.41) is 0. The van der Waals surface area contributed by atoms with Crippen molar-refractivity contribution in [3.05, 3.63) is 171 Å². The van der Waals surface area contributed by atoms with E-state index in [1.54, 1.807) is 0 Å². The third-order valence-corrected chi connectivity index (χ3v) is 9.19. The number of benzene rings is 3. The molecule has 0 bridgehead atoms. The van der Waals surface area contributed by atoms with Crippen LogP contribution >= 0.6 is 0 Å². The van der Waals surface area contributed by atoms with Crippen molar-refractivity contribution in [3.8, 4) is 0 Å². The molecule has 0 saturated heterocycles. The zero-order valence-electron chi connectivity index (χ0n) is 26.6. The first kappa shape index (κ1) is 30.2. The van der Waals surface area contributed by atoms with Gasteiger partial charge >= 0.3 is 5.97 Å². The van der Waals surface area contributed by atoms with E-state index in [4.69, 9.17) is 9.15 Å². The van der Waals surface area contributed by atoms with Crippen LogP contribution in [0.15, 0.2) is 131 Å². The fourth-order valence-corrected chi connectivity index (χ4v) is 6.90. The van der Waals surface area contributed by atoms with Gasteiger partial charge in [-0.3, -0.25) is 0 Å². The SMILES string of the molecule is CCc1oc(C)c(C2=CC=C=C3C(=C2)CCC(CC(c2ccccc2)c2ccccc2)C=C3c2ccc(C(=O)OC)cc2)c1C. The first-order valence-electron chi connectivity index (χ1n) is 15.9. The summed E-state index contributed by atoms with van der Waals surface area (Å²) in [6, 6.07) is 29.5. The van der Waals surface area contributed by atoms with Crippen molar-refractivity contribution in [3.63, 3.8) is 0 Å². The number of hydrogen-bond donors (Lipinski definition) is 0. The van der Waals surface area contributed by atoms with E-state index in [1.807, 2.05) is 24.3 Å². The largest absolute Gasteiger partial charge is 0.465 e. The van der Waals surface area contributed by atoms with Crippen molar-refractivity contribution in [2.45, 2.75) is 52.4 Å². The molecule has 0 aliphatic heterocycles. The molecule has 1 atom stereocenters. The lowest BCUT2D eigenvalue weighted by molar-refractivity contribution is 0.0600. The van der Waals surface area contributed by atoms with Gasteiger partial charge in [0.15, 0.2) is 0 Å². The van der Waals surface area contributed by atoms with Crippen molar-refractivity contribution in [2.24, 2.45) is 5.92 Å². The van der Waals surface area contributed by atoms with Crippen LogP contribution in [-0.2, 0) is 11.2 Å². The minimum atomic E-state index is -0.330. The van der Waals surface area contributed by atoms with Gasteiger partial charge in [0.1, 0.15) is 11.5 Å². The molecule has 2 aliphatic carbocycles. The monoisotopic (exact) mass is 592 g/mol. The van der Waals surface area contributed by atoms with Crippen LogP contribution in [0.4, 0.5) is 0 Å². The third kappa shape index (κ3) is 6.36. The second-order valence-corrected chi connectivity index (χ2v) is 12.0. The molecule has 6 rings (SSSR count). The van der Waals surface area contributed by atoms with Crippen molar-refractivity contribution < 1.29 is 13.9 Å². The number of methoxy groups -OCH3 is 1. The van der Waals surface area contributed by atoms with Gasteiger partial charge in [0, 0.05) is 23.5 Å². The van der Waals surface area contributed by atoms with Crippen LogP contribution in [0.25, 0.3) is 11.1 Å². The molecule has 226 valence electrons. The van der Waals surface area contributed by atoms with E-state index in [1.165, 1.54) is 34.9 Å². The molecule has 0 saturated carbocycles. The Hall–Kier alpha value is -4.85. The molecule has 0 spiro atoms.